The summed E-state index contributed by atoms with van der Waals surface area (Å²) in [5.74, 6) is 1.19. The lowest BCUT2D eigenvalue weighted by atomic mass is 10.2. The third-order valence-electron chi connectivity index (χ3n) is 3.69. The van der Waals surface area contributed by atoms with E-state index in [0.29, 0.717) is 11.7 Å². The zero-order valence-electron chi connectivity index (χ0n) is 12.3. The van der Waals surface area contributed by atoms with E-state index in [4.69, 9.17) is 4.52 Å². The molecule has 1 N–H and O–H groups in total. The van der Waals surface area contributed by atoms with Crippen molar-refractivity contribution >= 4 is 23.7 Å². The van der Waals surface area contributed by atoms with Gasteiger partial charge in [0.2, 0.25) is 0 Å². The largest absolute Gasteiger partial charge is 0.333 e. The Morgan fingerprint density at radius 3 is 3.13 bits per heavy atom. The van der Waals surface area contributed by atoms with Gasteiger partial charge in [0.05, 0.1) is 11.7 Å². The zero-order valence-corrected chi connectivity index (χ0v) is 13.9. The first-order valence-electron chi connectivity index (χ1n) is 6.89. The van der Waals surface area contributed by atoms with Crippen molar-refractivity contribution in [3.8, 4) is 16.5 Å². The van der Waals surface area contributed by atoms with Gasteiger partial charge in [0.25, 0.3) is 5.89 Å². The van der Waals surface area contributed by atoms with Crippen LogP contribution in [0, 0.1) is 0 Å². The number of nitrogens with one attached hydrogen (secondary N) is 1. The molecule has 0 aromatic carbocycles. The van der Waals surface area contributed by atoms with Crippen molar-refractivity contribution in [3.05, 3.63) is 23.6 Å². The highest BCUT2D eigenvalue weighted by molar-refractivity contribution is 7.14. The zero-order chi connectivity index (χ0) is 14.9. The van der Waals surface area contributed by atoms with Crippen molar-refractivity contribution in [1.82, 2.24) is 40.6 Å². The fourth-order valence-corrected chi connectivity index (χ4v) is 3.27. The molecule has 0 saturated carbocycles. The summed E-state index contributed by atoms with van der Waals surface area (Å²) in [6, 6.07) is 2.05. The minimum Gasteiger partial charge on any atom is -0.333 e. The Balaban J connectivity index is 0.00000156. The standard InChI is InChI=1S/C12H14N8OS.ClH/c1-19-4-3-13-6-9(19)11-15-12(21-16-11)10-8(2-5-22-10)20-7-14-17-18-20;/h2,5,7,9,13H,3-4,6H2,1H3;1H. The third-order valence-corrected chi connectivity index (χ3v) is 4.58. The van der Waals surface area contributed by atoms with Crippen molar-refractivity contribution in [2.24, 2.45) is 0 Å². The Morgan fingerprint density at radius 2 is 2.35 bits per heavy atom. The highest BCUT2D eigenvalue weighted by Crippen LogP contribution is 2.31. The molecular weight excluding hydrogens is 340 g/mol. The van der Waals surface area contributed by atoms with Crippen molar-refractivity contribution < 1.29 is 4.52 Å². The van der Waals surface area contributed by atoms with Crippen LogP contribution in [0.5, 0.6) is 0 Å². The average molecular weight is 355 g/mol. The topological polar surface area (TPSA) is 97.8 Å². The first-order chi connectivity index (χ1) is 10.8. The summed E-state index contributed by atoms with van der Waals surface area (Å²) in [5, 5.41) is 20.7. The molecule has 1 aliphatic rings. The molecule has 11 heteroatoms. The number of halogens is 1. The van der Waals surface area contributed by atoms with E-state index in [0.717, 1.165) is 30.2 Å². The van der Waals surface area contributed by atoms with Crippen LogP contribution in [0.1, 0.15) is 11.9 Å². The Labute approximate surface area is 142 Å². The highest BCUT2D eigenvalue weighted by Gasteiger charge is 2.26. The highest BCUT2D eigenvalue weighted by atomic mass is 35.5. The second-order valence-electron chi connectivity index (χ2n) is 5.05. The van der Waals surface area contributed by atoms with Crippen LogP contribution >= 0.6 is 23.7 Å². The monoisotopic (exact) mass is 354 g/mol. The molecule has 1 unspecified atom stereocenters. The number of nitrogens with zero attached hydrogens (tertiary/aromatic N) is 7. The van der Waals surface area contributed by atoms with Crippen molar-refractivity contribution in [2.45, 2.75) is 6.04 Å². The SMILES string of the molecule is CN1CCNCC1c1noc(-c2sccc2-n2cnnn2)n1.Cl. The maximum atomic E-state index is 5.46. The smallest absolute Gasteiger partial charge is 0.270 e. The number of piperazine rings is 1. The van der Waals surface area contributed by atoms with Gasteiger partial charge in [0.1, 0.15) is 11.2 Å². The Morgan fingerprint density at radius 1 is 1.43 bits per heavy atom. The minimum atomic E-state index is 0. The van der Waals surface area contributed by atoms with Crippen LogP contribution in [0.3, 0.4) is 0 Å². The van der Waals surface area contributed by atoms with Crippen LogP contribution in [-0.4, -0.2) is 61.9 Å². The van der Waals surface area contributed by atoms with E-state index in [1.54, 1.807) is 11.0 Å². The number of hydrogen-bond donors (Lipinski definition) is 1. The lowest BCUT2D eigenvalue weighted by Crippen LogP contribution is -2.44. The maximum Gasteiger partial charge on any atom is 0.270 e. The molecule has 1 saturated heterocycles. The first kappa shape index (κ1) is 16.0. The molecule has 9 nitrogen and oxygen atoms in total. The van der Waals surface area contributed by atoms with Crippen molar-refractivity contribution in [2.75, 3.05) is 26.7 Å². The predicted molar refractivity (Wildman–Crippen MR) is 85.8 cm³/mol. The number of tetrazole rings is 1. The third kappa shape index (κ3) is 2.98. The van der Waals surface area contributed by atoms with Crippen LogP contribution in [0.2, 0.25) is 0 Å². The van der Waals surface area contributed by atoms with Crippen LogP contribution < -0.4 is 5.32 Å². The maximum absolute atomic E-state index is 5.46. The summed E-state index contributed by atoms with van der Waals surface area (Å²) in [4.78, 5) is 7.65. The molecule has 0 amide bonds. The molecule has 3 aromatic heterocycles. The second kappa shape index (κ2) is 6.71. The molecule has 3 aromatic rings. The molecule has 4 rings (SSSR count). The van der Waals surface area contributed by atoms with Crippen LogP contribution in [-0.2, 0) is 0 Å². The Kier molecular flexibility index (Phi) is 4.66. The minimum absolute atomic E-state index is 0. The number of hydrogen-bond acceptors (Lipinski definition) is 9. The lowest BCUT2D eigenvalue weighted by Gasteiger charge is -2.30. The van der Waals surface area contributed by atoms with Gasteiger partial charge >= 0.3 is 0 Å². The summed E-state index contributed by atoms with van der Waals surface area (Å²) in [6.45, 7) is 2.76. The van der Waals surface area contributed by atoms with Gasteiger partial charge < -0.3 is 9.84 Å². The molecule has 1 fully saturated rings. The van der Waals surface area contributed by atoms with Gasteiger partial charge in [-0.05, 0) is 28.9 Å². The second-order valence-corrected chi connectivity index (χ2v) is 5.96. The quantitative estimate of drug-likeness (QED) is 0.736. The normalized spacial score (nSPS) is 18.7. The van der Waals surface area contributed by atoms with Crippen molar-refractivity contribution in [3.63, 3.8) is 0 Å². The van der Waals surface area contributed by atoms with Gasteiger partial charge in [0, 0.05) is 19.6 Å². The first-order valence-corrected chi connectivity index (χ1v) is 7.76. The molecule has 122 valence electrons. The summed E-state index contributed by atoms with van der Waals surface area (Å²) in [5.41, 5.74) is 0.834. The summed E-state index contributed by atoms with van der Waals surface area (Å²) in [6.07, 6.45) is 1.54. The van der Waals surface area contributed by atoms with Gasteiger partial charge in [-0.2, -0.15) is 9.67 Å². The number of rotatable bonds is 3. The van der Waals surface area contributed by atoms with Gasteiger partial charge in [0.15, 0.2) is 5.82 Å². The Hall–Kier alpha value is -1.88. The summed E-state index contributed by atoms with van der Waals surface area (Å²) < 4.78 is 7.05. The van der Waals surface area contributed by atoms with Crippen molar-refractivity contribution in [1.29, 1.82) is 0 Å². The molecule has 0 spiro atoms. The van der Waals surface area contributed by atoms with Gasteiger partial charge in [-0.15, -0.1) is 28.8 Å². The molecule has 23 heavy (non-hydrogen) atoms. The van der Waals surface area contributed by atoms with Gasteiger partial charge in [-0.1, -0.05) is 5.16 Å². The number of aromatic nitrogens is 6. The van der Waals surface area contributed by atoms with E-state index in [-0.39, 0.29) is 18.4 Å². The van der Waals surface area contributed by atoms with Crippen LogP contribution in [0.4, 0.5) is 0 Å². The fraction of sp³-hybridized carbons (Fsp3) is 0.417. The van der Waals surface area contributed by atoms with Gasteiger partial charge in [-0.3, -0.25) is 4.90 Å². The molecule has 0 bridgehead atoms. The van der Waals surface area contributed by atoms with Crippen LogP contribution in [0.25, 0.3) is 16.5 Å². The van der Waals surface area contributed by atoms with E-state index in [1.807, 2.05) is 11.4 Å². The fourth-order valence-electron chi connectivity index (χ4n) is 2.47. The van der Waals surface area contributed by atoms with E-state index in [1.165, 1.54) is 11.3 Å². The summed E-state index contributed by atoms with van der Waals surface area (Å²) >= 11 is 1.52. The van der Waals surface area contributed by atoms with E-state index in [2.05, 4.69) is 42.9 Å². The summed E-state index contributed by atoms with van der Waals surface area (Å²) in [7, 11) is 2.07. The molecule has 1 aliphatic heterocycles. The number of thiophene rings is 1. The predicted octanol–water partition coefficient (Wildman–Crippen LogP) is 0.772. The van der Waals surface area contributed by atoms with E-state index >= 15 is 0 Å². The van der Waals surface area contributed by atoms with Gasteiger partial charge in [-0.25, -0.2) is 0 Å². The average Bonchev–Trinajstić information content (AvgIpc) is 3.27. The molecule has 0 aliphatic carbocycles. The number of likely N-dealkylation sites (N-methyl/N-ethyl adjacent to an activating group) is 1. The molecule has 1 atom stereocenters. The molecule has 0 radical (unpaired) electrons. The van der Waals surface area contributed by atoms with E-state index in [9.17, 15) is 0 Å². The molecule has 4 heterocycles. The Bertz CT molecular complexity index is 757. The molecular formula is C12H15ClN8OS. The van der Waals surface area contributed by atoms with E-state index < -0.39 is 0 Å². The van der Waals surface area contributed by atoms with Crippen LogP contribution in [0.15, 0.2) is 22.3 Å². The lowest BCUT2D eigenvalue weighted by molar-refractivity contribution is 0.190.